The third-order valence-corrected chi connectivity index (χ3v) is 3.26. The zero-order chi connectivity index (χ0) is 10.2. The first-order valence-electron chi connectivity index (χ1n) is 5.05. The largest absolute Gasteiger partial charge is 0.477 e. The van der Waals surface area contributed by atoms with E-state index >= 15 is 0 Å². The number of hydrogen-bond donors (Lipinski definition) is 1. The molecular weight excluding hydrogens is 178 g/mol. The van der Waals surface area contributed by atoms with Crippen LogP contribution in [-0.2, 0) is 6.54 Å². The summed E-state index contributed by atoms with van der Waals surface area (Å²) < 4.78 is 1.86. The highest BCUT2D eigenvalue weighted by Crippen LogP contribution is 2.50. The first-order valence-corrected chi connectivity index (χ1v) is 5.05. The second kappa shape index (κ2) is 3.15. The average molecular weight is 193 g/mol. The van der Waals surface area contributed by atoms with Crippen LogP contribution in [0.5, 0.6) is 0 Å². The molecule has 0 bridgehead atoms. The lowest BCUT2D eigenvalue weighted by atomic mass is 10.0. The highest BCUT2D eigenvalue weighted by molar-refractivity contribution is 5.85. The molecule has 1 aliphatic carbocycles. The summed E-state index contributed by atoms with van der Waals surface area (Å²) in [6, 6.07) is 3.46. The molecule has 1 saturated carbocycles. The number of carboxylic acid groups (broad SMARTS) is 1. The van der Waals surface area contributed by atoms with E-state index in [1.165, 1.54) is 12.8 Å². The van der Waals surface area contributed by atoms with Crippen molar-refractivity contribution in [3.8, 4) is 0 Å². The van der Waals surface area contributed by atoms with Crippen molar-refractivity contribution in [1.29, 1.82) is 0 Å². The minimum Gasteiger partial charge on any atom is -0.477 e. The third kappa shape index (κ3) is 1.54. The number of hydrogen-bond acceptors (Lipinski definition) is 1. The average Bonchev–Trinajstić information content (AvgIpc) is 2.76. The molecule has 3 heteroatoms. The van der Waals surface area contributed by atoms with Gasteiger partial charge in [-0.1, -0.05) is 6.92 Å². The van der Waals surface area contributed by atoms with E-state index in [0.29, 0.717) is 11.1 Å². The number of carbonyl (C=O) groups is 1. The van der Waals surface area contributed by atoms with Gasteiger partial charge in [0.2, 0.25) is 0 Å². The minimum atomic E-state index is -0.832. The van der Waals surface area contributed by atoms with E-state index in [4.69, 9.17) is 5.11 Å². The van der Waals surface area contributed by atoms with E-state index in [-0.39, 0.29) is 0 Å². The van der Waals surface area contributed by atoms with Crippen LogP contribution in [0.15, 0.2) is 18.3 Å². The normalized spacial score (nSPS) is 18.1. The maximum absolute atomic E-state index is 10.9. The van der Waals surface area contributed by atoms with Gasteiger partial charge in [0.05, 0.1) is 0 Å². The summed E-state index contributed by atoms with van der Waals surface area (Å²) in [7, 11) is 0. The summed E-state index contributed by atoms with van der Waals surface area (Å²) in [6.07, 6.45) is 5.48. The zero-order valence-electron chi connectivity index (χ0n) is 8.36. The quantitative estimate of drug-likeness (QED) is 0.797. The predicted molar refractivity (Wildman–Crippen MR) is 53.3 cm³/mol. The van der Waals surface area contributed by atoms with Gasteiger partial charge >= 0.3 is 5.97 Å². The van der Waals surface area contributed by atoms with E-state index in [1.807, 2.05) is 10.8 Å². The molecule has 1 N–H and O–H groups in total. The lowest BCUT2D eigenvalue weighted by molar-refractivity contribution is 0.0683. The van der Waals surface area contributed by atoms with Crippen LogP contribution in [0, 0.1) is 5.41 Å². The van der Waals surface area contributed by atoms with Crippen LogP contribution in [-0.4, -0.2) is 15.6 Å². The van der Waals surface area contributed by atoms with E-state index in [1.54, 1.807) is 12.1 Å². The van der Waals surface area contributed by atoms with E-state index in [0.717, 1.165) is 13.0 Å². The highest BCUT2D eigenvalue weighted by atomic mass is 16.4. The van der Waals surface area contributed by atoms with E-state index in [9.17, 15) is 4.79 Å². The van der Waals surface area contributed by atoms with Gasteiger partial charge in [0.1, 0.15) is 5.69 Å². The summed E-state index contributed by atoms with van der Waals surface area (Å²) in [5.41, 5.74) is 0.799. The summed E-state index contributed by atoms with van der Waals surface area (Å²) in [5.74, 6) is -0.832. The molecule has 0 radical (unpaired) electrons. The summed E-state index contributed by atoms with van der Waals surface area (Å²) >= 11 is 0. The van der Waals surface area contributed by atoms with E-state index < -0.39 is 5.97 Å². The third-order valence-electron chi connectivity index (χ3n) is 3.26. The van der Waals surface area contributed by atoms with Crippen molar-refractivity contribution in [2.45, 2.75) is 32.7 Å². The predicted octanol–water partition coefficient (Wildman–Crippen LogP) is 2.38. The van der Waals surface area contributed by atoms with Crippen molar-refractivity contribution in [2.75, 3.05) is 0 Å². The van der Waals surface area contributed by atoms with Crippen LogP contribution in [0.25, 0.3) is 0 Å². The molecule has 1 aromatic rings. The van der Waals surface area contributed by atoms with Crippen molar-refractivity contribution >= 4 is 5.97 Å². The Morgan fingerprint density at radius 1 is 1.64 bits per heavy atom. The smallest absolute Gasteiger partial charge is 0.352 e. The summed E-state index contributed by atoms with van der Waals surface area (Å²) in [4.78, 5) is 10.9. The molecule has 1 aromatic heterocycles. The Balaban J connectivity index is 2.16. The van der Waals surface area contributed by atoms with Gasteiger partial charge in [-0.25, -0.2) is 4.79 Å². The summed E-state index contributed by atoms with van der Waals surface area (Å²) in [6.45, 7) is 3.04. The highest BCUT2D eigenvalue weighted by Gasteiger charge is 2.41. The molecule has 14 heavy (non-hydrogen) atoms. The molecular formula is C11H15NO2. The zero-order valence-corrected chi connectivity index (χ0v) is 8.36. The standard InChI is InChI=1S/C11H15NO2/c1-2-11(5-6-11)8-12-7-3-4-9(12)10(13)14/h3-4,7H,2,5-6,8H2,1H3,(H,13,14). The molecule has 0 unspecified atom stereocenters. The van der Waals surface area contributed by atoms with Crippen molar-refractivity contribution < 1.29 is 9.90 Å². The number of rotatable bonds is 4. The Bertz CT molecular complexity index is 350. The molecule has 0 aliphatic heterocycles. The number of nitrogens with zero attached hydrogens (tertiary/aromatic N) is 1. The minimum absolute atomic E-state index is 0.392. The maximum Gasteiger partial charge on any atom is 0.352 e. The van der Waals surface area contributed by atoms with Gasteiger partial charge < -0.3 is 9.67 Å². The second-order valence-electron chi connectivity index (χ2n) is 4.18. The van der Waals surface area contributed by atoms with Crippen LogP contribution in [0.1, 0.15) is 36.7 Å². The van der Waals surface area contributed by atoms with Gasteiger partial charge in [-0.15, -0.1) is 0 Å². The molecule has 0 amide bonds. The first kappa shape index (κ1) is 9.31. The Morgan fingerprint density at radius 3 is 2.86 bits per heavy atom. The molecule has 0 saturated heterocycles. The molecule has 0 atom stereocenters. The molecule has 1 heterocycles. The van der Waals surface area contributed by atoms with Gasteiger partial charge in [-0.3, -0.25) is 0 Å². The van der Waals surface area contributed by atoms with Gasteiger partial charge in [0, 0.05) is 12.7 Å². The van der Waals surface area contributed by atoms with Gasteiger partial charge in [0.15, 0.2) is 0 Å². The summed E-state index contributed by atoms with van der Waals surface area (Å²) in [5, 5.41) is 8.92. The van der Waals surface area contributed by atoms with Crippen LogP contribution in [0.4, 0.5) is 0 Å². The Labute approximate surface area is 83.4 Å². The number of aromatic carboxylic acids is 1. The molecule has 1 fully saturated rings. The number of aromatic nitrogens is 1. The van der Waals surface area contributed by atoms with Crippen molar-refractivity contribution in [2.24, 2.45) is 5.41 Å². The Kier molecular flexibility index (Phi) is 2.10. The molecule has 0 spiro atoms. The van der Waals surface area contributed by atoms with Gasteiger partial charge in [0.25, 0.3) is 0 Å². The molecule has 2 rings (SSSR count). The fourth-order valence-corrected chi connectivity index (χ4v) is 1.91. The molecule has 3 nitrogen and oxygen atoms in total. The monoisotopic (exact) mass is 193 g/mol. The lowest BCUT2D eigenvalue weighted by Gasteiger charge is -2.14. The lowest BCUT2D eigenvalue weighted by Crippen LogP contribution is -2.14. The SMILES string of the molecule is CCC1(Cn2cccc2C(=O)O)CC1. The first-order chi connectivity index (χ1) is 6.67. The second-order valence-corrected chi connectivity index (χ2v) is 4.18. The van der Waals surface area contributed by atoms with Crippen LogP contribution >= 0.6 is 0 Å². The maximum atomic E-state index is 10.9. The Morgan fingerprint density at radius 2 is 2.36 bits per heavy atom. The van der Waals surface area contributed by atoms with Gasteiger partial charge in [-0.05, 0) is 36.8 Å². The number of carboxylic acids is 1. The van der Waals surface area contributed by atoms with Crippen LogP contribution in [0.3, 0.4) is 0 Å². The van der Waals surface area contributed by atoms with Crippen LogP contribution < -0.4 is 0 Å². The van der Waals surface area contributed by atoms with Crippen molar-refractivity contribution in [1.82, 2.24) is 4.57 Å². The molecule has 1 aliphatic rings. The molecule has 0 aromatic carbocycles. The fraction of sp³-hybridized carbons (Fsp3) is 0.545. The topological polar surface area (TPSA) is 42.2 Å². The van der Waals surface area contributed by atoms with E-state index in [2.05, 4.69) is 6.92 Å². The fourth-order valence-electron chi connectivity index (χ4n) is 1.91. The Hall–Kier alpha value is -1.25. The van der Waals surface area contributed by atoms with Crippen LogP contribution in [0.2, 0.25) is 0 Å². The van der Waals surface area contributed by atoms with Gasteiger partial charge in [-0.2, -0.15) is 0 Å². The van der Waals surface area contributed by atoms with Crippen molar-refractivity contribution in [3.05, 3.63) is 24.0 Å². The molecule has 76 valence electrons. The van der Waals surface area contributed by atoms with Crippen molar-refractivity contribution in [3.63, 3.8) is 0 Å².